The van der Waals surface area contributed by atoms with E-state index in [2.05, 4.69) is 9.38 Å². The van der Waals surface area contributed by atoms with Gasteiger partial charge in [0.1, 0.15) is 5.65 Å². The van der Waals surface area contributed by atoms with Crippen LogP contribution in [0.25, 0.3) is 5.65 Å². The van der Waals surface area contributed by atoms with Gasteiger partial charge in [-0.2, -0.15) is 0 Å². The van der Waals surface area contributed by atoms with Crippen molar-refractivity contribution < 1.29 is 0 Å². The molecule has 2 heterocycles. The molecule has 62 valence electrons. The second kappa shape index (κ2) is 2.95. The zero-order valence-electron chi connectivity index (χ0n) is 6.77. The number of nitrogens with two attached hydrogens (primary N) is 1. The Morgan fingerprint density at radius 3 is 3.17 bits per heavy atom. The Morgan fingerprint density at radius 2 is 2.33 bits per heavy atom. The maximum Gasteiger partial charge on any atom is 0.136 e. The lowest BCUT2D eigenvalue weighted by Gasteiger charge is -1.97. The van der Waals surface area contributed by atoms with Gasteiger partial charge in [0.05, 0.1) is 0 Å². The van der Waals surface area contributed by atoms with Crippen LogP contribution in [-0.2, 0) is 6.42 Å². The van der Waals surface area contributed by atoms with Crippen LogP contribution in [0, 0.1) is 0 Å². The number of nitrogens with zero attached hydrogens (tertiary/aromatic N) is 2. The Morgan fingerprint density at radius 1 is 1.42 bits per heavy atom. The summed E-state index contributed by atoms with van der Waals surface area (Å²) in [4.78, 5) is 4.24. The Hall–Kier alpha value is -1.35. The van der Waals surface area contributed by atoms with E-state index in [-0.39, 0.29) is 0 Å². The predicted molar refractivity (Wildman–Crippen MR) is 48.0 cm³/mol. The molecule has 0 amide bonds. The van der Waals surface area contributed by atoms with Gasteiger partial charge in [0.2, 0.25) is 0 Å². The summed E-state index contributed by atoms with van der Waals surface area (Å²) in [6.07, 6.45) is 4.76. The summed E-state index contributed by atoms with van der Waals surface area (Å²) in [5.41, 5.74) is 7.63. The van der Waals surface area contributed by atoms with Gasteiger partial charge in [-0.15, -0.1) is 0 Å². The minimum absolute atomic E-state index is 0.669. The minimum Gasteiger partial charge on any atom is -0.330 e. The van der Waals surface area contributed by atoms with Gasteiger partial charge >= 0.3 is 0 Å². The highest BCUT2D eigenvalue weighted by Crippen LogP contribution is 2.05. The van der Waals surface area contributed by atoms with E-state index in [4.69, 9.17) is 5.73 Å². The molecule has 3 heteroatoms. The molecule has 0 saturated heterocycles. The summed E-state index contributed by atoms with van der Waals surface area (Å²) in [6.45, 7) is 0.669. The second-order valence-electron chi connectivity index (χ2n) is 2.72. The molecule has 2 aromatic rings. The minimum atomic E-state index is 0.669. The Kier molecular flexibility index (Phi) is 1.80. The number of rotatable bonds is 2. The predicted octanol–water partition coefficient (Wildman–Crippen LogP) is 0.836. The molecule has 0 aliphatic rings. The summed E-state index contributed by atoms with van der Waals surface area (Å²) < 4.78 is 2.06. The van der Waals surface area contributed by atoms with Crippen molar-refractivity contribution in [2.24, 2.45) is 5.73 Å². The van der Waals surface area contributed by atoms with Crippen molar-refractivity contribution in [3.63, 3.8) is 0 Å². The normalized spacial score (nSPS) is 10.8. The Bertz CT molecular complexity index is 378. The Labute approximate surface area is 70.8 Å². The fourth-order valence-corrected chi connectivity index (χ4v) is 1.32. The smallest absolute Gasteiger partial charge is 0.136 e. The van der Waals surface area contributed by atoms with Gasteiger partial charge in [-0.25, -0.2) is 4.98 Å². The third-order valence-corrected chi connectivity index (χ3v) is 1.89. The van der Waals surface area contributed by atoms with Crippen molar-refractivity contribution in [3.8, 4) is 0 Å². The van der Waals surface area contributed by atoms with Crippen LogP contribution in [0.1, 0.15) is 5.69 Å². The Balaban J connectivity index is 2.55. The molecular weight excluding hydrogens is 150 g/mol. The van der Waals surface area contributed by atoms with E-state index in [1.807, 2.05) is 30.6 Å². The van der Waals surface area contributed by atoms with E-state index in [0.29, 0.717) is 6.54 Å². The number of pyridine rings is 1. The molecule has 0 fully saturated rings. The zero-order chi connectivity index (χ0) is 8.39. The van der Waals surface area contributed by atoms with Crippen LogP contribution >= 0.6 is 0 Å². The molecule has 0 saturated carbocycles. The van der Waals surface area contributed by atoms with E-state index in [1.54, 1.807) is 0 Å². The number of hydrogen-bond acceptors (Lipinski definition) is 2. The summed E-state index contributed by atoms with van der Waals surface area (Å²) in [6, 6.07) is 5.96. The fraction of sp³-hybridized carbons (Fsp3) is 0.222. The van der Waals surface area contributed by atoms with Gasteiger partial charge in [-0.05, 0) is 18.7 Å². The molecule has 0 unspecified atom stereocenters. The van der Waals surface area contributed by atoms with Gasteiger partial charge in [-0.1, -0.05) is 6.07 Å². The van der Waals surface area contributed by atoms with Gasteiger partial charge < -0.3 is 10.1 Å². The van der Waals surface area contributed by atoms with Crippen molar-refractivity contribution in [2.45, 2.75) is 6.42 Å². The van der Waals surface area contributed by atoms with Gasteiger partial charge in [0, 0.05) is 24.5 Å². The first-order valence-electron chi connectivity index (χ1n) is 4.03. The summed E-state index contributed by atoms with van der Waals surface area (Å²) >= 11 is 0. The van der Waals surface area contributed by atoms with Crippen LogP contribution in [0.15, 0.2) is 30.6 Å². The average Bonchev–Trinajstić information content (AvgIpc) is 2.50. The van der Waals surface area contributed by atoms with Crippen molar-refractivity contribution in [2.75, 3.05) is 6.54 Å². The largest absolute Gasteiger partial charge is 0.330 e. The molecule has 0 radical (unpaired) electrons. The third-order valence-electron chi connectivity index (χ3n) is 1.89. The van der Waals surface area contributed by atoms with Crippen molar-refractivity contribution in [1.29, 1.82) is 0 Å². The maximum atomic E-state index is 5.47. The lowest BCUT2D eigenvalue weighted by atomic mass is 10.3. The molecule has 2 rings (SSSR count). The first-order chi connectivity index (χ1) is 5.92. The quantitative estimate of drug-likeness (QED) is 0.709. The molecule has 0 aliphatic carbocycles. The van der Waals surface area contributed by atoms with Crippen LogP contribution in [-0.4, -0.2) is 15.9 Å². The SMILES string of the molecule is NCCc1cnc2ccccn12. The molecule has 12 heavy (non-hydrogen) atoms. The molecule has 0 aliphatic heterocycles. The van der Waals surface area contributed by atoms with Crippen molar-refractivity contribution in [3.05, 3.63) is 36.3 Å². The molecule has 2 aromatic heterocycles. The van der Waals surface area contributed by atoms with Crippen LogP contribution in [0.3, 0.4) is 0 Å². The van der Waals surface area contributed by atoms with Crippen LogP contribution in [0.4, 0.5) is 0 Å². The molecule has 0 bridgehead atoms. The fourth-order valence-electron chi connectivity index (χ4n) is 1.32. The molecule has 0 aromatic carbocycles. The van der Waals surface area contributed by atoms with E-state index in [0.717, 1.165) is 12.1 Å². The lowest BCUT2D eigenvalue weighted by Crippen LogP contribution is -2.04. The van der Waals surface area contributed by atoms with Crippen LogP contribution < -0.4 is 5.73 Å². The summed E-state index contributed by atoms with van der Waals surface area (Å²) in [5, 5.41) is 0. The van der Waals surface area contributed by atoms with Gasteiger partial charge in [0.25, 0.3) is 0 Å². The second-order valence-corrected chi connectivity index (χ2v) is 2.72. The molecule has 2 N–H and O–H groups in total. The number of hydrogen-bond donors (Lipinski definition) is 1. The first-order valence-corrected chi connectivity index (χ1v) is 4.03. The summed E-state index contributed by atoms with van der Waals surface area (Å²) in [5.74, 6) is 0. The molecular formula is C9H11N3. The summed E-state index contributed by atoms with van der Waals surface area (Å²) in [7, 11) is 0. The molecule has 0 atom stereocenters. The van der Waals surface area contributed by atoms with Crippen LogP contribution in [0.5, 0.6) is 0 Å². The zero-order valence-corrected chi connectivity index (χ0v) is 6.77. The average molecular weight is 161 g/mol. The van der Waals surface area contributed by atoms with Crippen molar-refractivity contribution in [1.82, 2.24) is 9.38 Å². The van der Waals surface area contributed by atoms with E-state index in [1.165, 1.54) is 5.69 Å². The third kappa shape index (κ3) is 1.08. The highest BCUT2D eigenvalue weighted by Gasteiger charge is 1.99. The standard InChI is InChI=1S/C9H11N3/c10-5-4-8-7-11-9-3-1-2-6-12(8)9/h1-3,6-7H,4-5,10H2. The number of aromatic nitrogens is 2. The van der Waals surface area contributed by atoms with Crippen molar-refractivity contribution >= 4 is 5.65 Å². The first kappa shape index (κ1) is 7.31. The lowest BCUT2D eigenvalue weighted by molar-refractivity contribution is 0.905. The highest BCUT2D eigenvalue weighted by molar-refractivity contribution is 5.39. The number of fused-ring (bicyclic) bond motifs is 1. The molecule has 3 nitrogen and oxygen atoms in total. The van der Waals surface area contributed by atoms with E-state index in [9.17, 15) is 0 Å². The monoisotopic (exact) mass is 161 g/mol. The van der Waals surface area contributed by atoms with Crippen LogP contribution in [0.2, 0.25) is 0 Å². The van der Waals surface area contributed by atoms with E-state index < -0.39 is 0 Å². The van der Waals surface area contributed by atoms with Gasteiger partial charge in [0.15, 0.2) is 0 Å². The van der Waals surface area contributed by atoms with Gasteiger partial charge in [-0.3, -0.25) is 0 Å². The highest BCUT2D eigenvalue weighted by atomic mass is 15.0. The number of imidazole rings is 1. The maximum absolute atomic E-state index is 5.47. The molecule has 0 spiro atoms. The van der Waals surface area contributed by atoms with E-state index >= 15 is 0 Å². The topological polar surface area (TPSA) is 43.3 Å².